The number of rotatable bonds is 1. The Morgan fingerprint density at radius 2 is 2.25 bits per heavy atom. The van der Waals surface area contributed by atoms with E-state index in [0.29, 0.717) is 6.04 Å². The van der Waals surface area contributed by atoms with Crippen LogP contribution in [0.3, 0.4) is 0 Å². The largest absolute Gasteiger partial charge is 0.493 e. The van der Waals surface area contributed by atoms with Crippen LogP contribution < -0.4 is 10.1 Å². The Bertz CT molecular complexity index is 394. The van der Waals surface area contributed by atoms with Crippen molar-refractivity contribution >= 4 is 0 Å². The van der Waals surface area contributed by atoms with Gasteiger partial charge in [0.2, 0.25) is 0 Å². The topological polar surface area (TPSA) is 21.3 Å². The van der Waals surface area contributed by atoms with Crippen molar-refractivity contribution < 1.29 is 4.74 Å². The second kappa shape index (κ2) is 4.10. The maximum absolute atomic E-state index is 5.70. The number of benzene rings is 1. The van der Waals surface area contributed by atoms with Crippen molar-refractivity contribution in [1.82, 2.24) is 5.32 Å². The average Bonchev–Trinajstić information content (AvgIpc) is 2.81. The normalized spacial score (nSPS) is 23.9. The number of hydrogen-bond acceptors (Lipinski definition) is 2. The summed E-state index contributed by atoms with van der Waals surface area (Å²) in [5.41, 5.74) is 4.27. The quantitative estimate of drug-likeness (QED) is 0.781. The molecule has 1 saturated heterocycles. The van der Waals surface area contributed by atoms with E-state index in [4.69, 9.17) is 4.74 Å². The van der Waals surface area contributed by atoms with Gasteiger partial charge in [0, 0.05) is 6.04 Å². The Hall–Kier alpha value is -1.02. The number of fused-ring (bicyclic) bond motifs is 1. The summed E-state index contributed by atoms with van der Waals surface area (Å²) in [4.78, 5) is 0. The van der Waals surface area contributed by atoms with Gasteiger partial charge >= 0.3 is 0 Å². The van der Waals surface area contributed by atoms with Crippen LogP contribution in [0.2, 0.25) is 0 Å². The third-order valence-electron chi connectivity index (χ3n) is 3.73. The first-order valence-corrected chi connectivity index (χ1v) is 6.34. The molecule has 0 saturated carbocycles. The van der Waals surface area contributed by atoms with E-state index in [1.165, 1.54) is 36.0 Å². The zero-order valence-corrected chi connectivity index (χ0v) is 9.88. The Morgan fingerprint density at radius 1 is 1.31 bits per heavy atom. The molecule has 0 aliphatic carbocycles. The molecule has 1 aromatic carbocycles. The molecule has 0 aromatic heterocycles. The molecule has 16 heavy (non-hydrogen) atoms. The summed E-state index contributed by atoms with van der Waals surface area (Å²) >= 11 is 0. The maximum atomic E-state index is 5.70. The zero-order valence-electron chi connectivity index (χ0n) is 9.88. The molecule has 1 N–H and O–H groups in total. The van der Waals surface area contributed by atoms with Crippen LogP contribution in [0, 0.1) is 6.92 Å². The third-order valence-corrected chi connectivity index (χ3v) is 3.73. The predicted molar refractivity (Wildman–Crippen MR) is 65.0 cm³/mol. The lowest BCUT2D eigenvalue weighted by molar-refractivity contribution is 0.288. The van der Waals surface area contributed by atoms with E-state index in [1.807, 2.05) is 0 Å². The first-order chi connectivity index (χ1) is 7.84. The van der Waals surface area contributed by atoms with E-state index in [2.05, 4.69) is 24.4 Å². The molecule has 0 spiro atoms. The monoisotopic (exact) mass is 217 g/mol. The van der Waals surface area contributed by atoms with Crippen LogP contribution in [-0.2, 0) is 6.42 Å². The molecule has 0 unspecified atom stereocenters. The van der Waals surface area contributed by atoms with Gasteiger partial charge in [-0.05, 0) is 61.9 Å². The SMILES string of the molecule is Cc1cc2c(cc1[C@H]1CCCN1)CCCO2. The van der Waals surface area contributed by atoms with Gasteiger partial charge in [-0.15, -0.1) is 0 Å². The Labute approximate surface area is 97.0 Å². The Balaban J connectivity index is 1.98. The van der Waals surface area contributed by atoms with Crippen molar-refractivity contribution in [2.45, 2.75) is 38.6 Å². The number of aryl methyl sites for hydroxylation is 2. The molecule has 1 aromatic rings. The average molecular weight is 217 g/mol. The molecule has 1 atom stereocenters. The number of hydrogen-bond donors (Lipinski definition) is 1. The first kappa shape index (κ1) is 10.2. The van der Waals surface area contributed by atoms with Crippen molar-refractivity contribution in [2.24, 2.45) is 0 Å². The highest BCUT2D eigenvalue weighted by molar-refractivity contribution is 5.44. The molecule has 2 aliphatic rings. The van der Waals surface area contributed by atoms with E-state index in [1.54, 1.807) is 0 Å². The fraction of sp³-hybridized carbons (Fsp3) is 0.571. The van der Waals surface area contributed by atoms with Crippen LogP contribution in [0.4, 0.5) is 0 Å². The fourth-order valence-electron chi connectivity index (χ4n) is 2.85. The Morgan fingerprint density at radius 3 is 3.06 bits per heavy atom. The van der Waals surface area contributed by atoms with Gasteiger partial charge in [-0.25, -0.2) is 0 Å². The van der Waals surface area contributed by atoms with Gasteiger partial charge < -0.3 is 10.1 Å². The second-order valence-corrected chi connectivity index (χ2v) is 4.92. The summed E-state index contributed by atoms with van der Waals surface area (Å²) in [5, 5.41) is 3.58. The molecular formula is C14H19NO. The summed E-state index contributed by atoms with van der Waals surface area (Å²) in [6, 6.07) is 5.17. The molecule has 1 fully saturated rings. The summed E-state index contributed by atoms with van der Waals surface area (Å²) in [6.07, 6.45) is 4.92. The van der Waals surface area contributed by atoms with Crippen molar-refractivity contribution in [2.75, 3.05) is 13.2 Å². The smallest absolute Gasteiger partial charge is 0.122 e. The lowest BCUT2D eigenvalue weighted by Gasteiger charge is -2.22. The van der Waals surface area contributed by atoms with Crippen LogP contribution >= 0.6 is 0 Å². The second-order valence-electron chi connectivity index (χ2n) is 4.92. The van der Waals surface area contributed by atoms with Crippen LogP contribution in [0.5, 0.6) is 5.75 Å². The van der Waals surface area contributed by atoms with Gasteiger partial charge in [-0.2, -0.15) is 0 Å². The lowest BCUT2D eigenvalue weighted by atomic mass is 9.94. The Kier molecular flexibility index (Phi) is 2.60. The highest BCUT2D eigenvalue weighted by Crippen LogP contribution is 2.33. The van der Waals surface area contributed by atoms with Gasteiger partial charge in [0.05, 0.1) is 6.61 Å². The van der Waals surface area contributed by atoms with Crippen molar-refractivity contribution in [3.63, 3.8) is 0 Å². The number of ether oxygens (including phenoxy) is 1. The van der Waals surface area contributed by atoms with E-state index in [0.717, 1.165) is 25.3 Å². The minimum absolute atomic E-state index is 0.576. The molecule has 2 nitrogen and oxygen atoms in total. The molecule has 0 radical (unpaired) electrons. The van der Waals surface area contributed by atoms with E-state index < -0.39 is 0 Å². The standard InChI is InChI=1S/C14H19NO/c1-10-8-14-11(4-3-7-16-14)9-12(10)13-5-2-6-15-13/h8-9,13,15H,2-7H2,1H3/t13-/m1/s1. The zero-order chi connectivity index (χ0) is 11.0. The number of nitrogens with one attached hydrogen (secondary N) is 1. The lowest BCUT2D eigenvalue weighted by Crippen LogP contribution is -2.16. The van der Waals surface area contributed by atoms with Gasteiger partial charge in [0.1, 0.15) is 5.75 Å². The van der Waals surface area contributed by atoms with Gasteiger partial charge in [0.25, 0.3) is 0 Å². The molecule has 2 heteroatoms. The molecule has 2 aliphatic heterocycles. The van der Waals surface area contributed by atoms with E-state index >= 15 is 0 Å². The van der Waals surface area contributed by atoms with Crippen LogP contribution in [0.15, 0.2) is 12.1 Å². The van der Waals surface area contributed by atoms with E-state index in [-0.39, 0.29) is 0 Å². The van der Waals surface area contributed by atoms with Gasteiger partial charge in [-0.1, -0.05) is 6.07 Å². The third kappa shape index (κ3) is 1.71. The van der Waals surface area contributed by atoms with Crippen LogP contribution in [0.1, 0.15) is 42.0 Å². The minimum Gasteiger partial charge on any atom is -0.493 e. The summed E-state index contributed by atoms with van der Waals surface area (Å²) in [5.74, 6) is 1.12. The highest BCUT2D eigenvalue weighted by atomic mass is 16.5. The van der Waals surface area contributed by atoms with Crippen LogP contribution in [0.25, 0.3) is 0 Å². The maximum Gasteiger partial charge on any atom is 0.122 e. The van der Waals surface area contributed by atoms with E-state index in [9.17, 15) is 0 Å². The minimum atomic E-state index is 0.576. The van der Waals surface area contributed by atoms with Gasteiger partial charge in [0.15, 0.2) is 0 Å². The fourth-order valence-corrected chi connectivity index (χ4v) is 2.85. The van der Waals surface area contributed by atoms with Crippen molar-refractivity contribution in [3.05, 3.63) is 28.8 Å². The summed E-state index contributed by atoms with van der Waals surface area (Å²) in [7, 11) is 0. The van der Waals surface area contributed by atoms with Crippen LogP contribution in [-0.4, -0.2) is 13.2 Å². The molecule has 3 rings (SSSR count). The molecule has 0 bridgehead atoms. The molecular weight excluding hydrogens is 198 g/mol. The highest BCUT2D eigenvalue weighted by Gasteiger charge is 2.20. The summed E-state index contributed by atoms with van der Waals surface area (Å²) < 4.78 is 5.70. The molecule has 2 heterocycles. The first-order valence-electron chi connectivity index (χ1n) is 6.34. The predicted octanol–water partition coefficient (Wildman–Crippen LogP) is 2.74. The molecule has 86 valence electrons. The van der Waals surface area contributed by atoms with Gasteiger partial charge in [-0.3, -0.25) is 0 Å². The van der Waals surface area contributed by atoms with Crippen molar-refractivity contribution in [1.29, 1.82) is 0 Å². The molecule has 0 amide bonds. The van der Waals surface area contributed by atoms with Crippen molar-refractivity contribution in [3.8, 4) is 5.75 Å². The summed E-state index contributed by atoms with van der Waals surface area (Å²) in [6.45, 7) is 4.25.